The first-order valence-electron chi connectivity index (χ1n) is 13.6. The predicted octanol–water partition coefficient (Wildman–Crippen LogP) is 5.99. The lowest BCUT2D eigenvalue weighted by molar-refractivity contribution is -0.117. The maximum Gasteiger partial charge on any atom is 0.262 e. The van der Waals surface area contributed by atoms with Crippen LogP contribution >= 0.6 is 24.4 Å². The Morgan fingerprint density at radius 2 is 1.55 bits per heavy atom. The van der Waals surface area contributed by atoms with Gasteiger partial charge in [-0.1, -0.05) is 50.3 Å². The van der Waals surface area contributed by atoms with Crippen LogP contribution in [0.1, 0.15) is 57.4 Å². The molecule has 3 aromatic rings. The van der Waals surface area contributed by atoms with E-state index in [1.807, 2.05) is 37.3 Å². The van der Waals surface area contributed by atoms with Crippen molar-refractivity contribution in [1.82, 2.24) is 19.8 Å². The number of nitrogens with one attached hydrogen (secondary N) is 2. The molecule has 0 spiro atoms. The Hall–Kier alpha value is -3.76. The molecule has 40 heavy (non-hydrogen) atoms. The Kier molecular flexibility index (Phi) is 8.46. The van der Waals surface area contributed by atoms with E-state index in [9.17, 15) is 14.7 Å². The van der Waals surface area contributed by atoms with Gasteiger partial charge in [0.25, 0.3) is 11.5 Å². The third-order valence-corrected chi connectivity index (χ3v) is 8.14. The Labute approximate surface area is 243 Å². The first-order valence-corrected chi connectivity index (χ1v) is 14.4. The number of aromatic amines is 1. The number of nitrogens with zero attached hydrogens (tertiary/aromatic N) is 2. The van der Waals surface area contributed by atoms with Crippen molar-refractivity contribution in [1.29, 1.82) is 0 Å². The van der Waals surface area contributed by atoms with Crippen LogP contribution in [-0.4, -0.2) is 42.7 Å². The fraction of sp³-hybridized carbons (Fsp3) is 0.333. The molecule has 1 saturated heterocycles. The van der Waals surface area contributed by atoms with Gasteiger partial charge in [-0.25, -0.2) is 0 Å². The minimum atomic E-state index is -0.582. The lowest BCUT2D eigenvalue weighted by atomic mass is 9.92. The summed E-state index contributed by atoms with van der Waals surface area (Å²) in [6, 6.07) is 16.2. The van der Waals surface area contributed by atoms with Crippen LogP contribution in [0, 0.1) is 4.77 Å². The molecule has 3 N–H and O–H groups in total. The zero-order valence-corrected chi connectivity index (χ0v) is 23.9. The summed E-state index contributed by atoms with van der Waals surface area (Å²) in [6.45, 7) is 1.92. The van der Waals surface area contributed by atoms with Crippen molar-refractivity contribution >= 4 is 41.5 Å². The van der Waals surface area contributed by atoms with Crippen molar-refractivity contribution in [2.45, 2.75) is 64.0 Å². The second-order valence-electron chi connectivity index (χ2n) is 10.2. The molecule has 2 heterocycles. The molecule has 0 radical (unpaired) electrons. The number of H-pyrrole nitrogens is 1. The molecule has 1 aromatic heterocycles. The monoisotopic (exact) mass is 576 g/mol. The first-order chi connectivity index (χ1) is 19.3. The van der Waals surface area contributed by atoms with E-state index in [0.717, 1.165) is 25.7 Å². The molecule has 5 rings (SSSR count). The minimum Gasteiger partial charge on any atom is -0.494 e. The average Bonchev–Trinajstić information content (AvgIpc) is 2.90. The third kappa shape index (κ3) is 5.88. The van der Waals surface area contributed by atoms with Gasteiger partial charge in [0.1, 0.15) is 17.1 Å². The number of carbonyl (C=O) groups is 1. The highest BCUT2D eigenvalue weighted by atomic mass is 32.1. The summed E-state index contributed by atoms with van der Waals surface area (Å²) in [5.74, 6) is 0.560. The predicted molar refractivity (Wildman–Crippen MR) is 162 cm³/mol. The molecule has 1 aliphatic carbocycles. The number of para-hydroxylation sites is 1. The summed E-state index contributed by atoms with van der Waals surface area (Å²) in [5, 5.41) is 14.5. The van der Waals surface area contributed by atoms with Crippen LogP contribution in [0.3, 0.4) is 0 Å². The summed E-state index contributed by atoms with van der Waals surface area (Å²) >= 11 is 11.0. The molecule has 2 aromatic carbocycles. The van der Waals surface area contributed by atoms with Crippen molar-refractivity contribution in [3.8, 4) is 23.1 Å². The molecule has 1 amide bonds. The lowest BCUT2D eigenvalue weighted by Crippen LogP contribution is -2.58. The van der Waals surface area contributed by atoms with E-state index in [2.05, 4.69) is 15.2 Å². The van der Waals surface area contributed by atoms with Crippen molar-refractivity contribution in [3.63, 3.8) is 0 Å². The van der Waals surface area contributed by atoms with Gasteiger partial charge in [0.2, 0.25) is 5.88 Å². The van der Waals surface area contributed by atoms with E-state index in [1.165, 1.54) is 29.9 Å². The Bertz CT molecular complexity index is 1540. The Balaban J connectivity index is 1.48. The third-order valence-electron chi connectivity index (χ3n) is 7.55. The minimum absolute atomic E-state index is 0.0276. The van der Waals surface area contributed by atoms with Gasteiger partial charge in [-0.15, -0.1) is 0 Å². The summed E-state index contributed by atoms with van der Waals surface area (Å²) in [5.41, 5.74) is 0.241. The second-order valence-corrected chi connectivity index (χ2v) is 11.0. The van der Waals surface area contributed by atoms with Gasteiger partial charge in [0.05, 0.1) is 11.7 Å². The molecular weight excluding hydrogens is 544 g/mol. The van der Waals surface area contributed by atoms with Gasteiger partial charge < -0.3 is 14.7 Å². The zero-order valence-electron chi connectivity index (χ0n) is 22.3. The van der Waals surface area contributed by atoms with Crippen LogP contribution in [0.2, 0.25) is 0 Å². The molecule has 1 aliphatic heterocycles. The molecule has 2 aliphatic rings. The summed E-state index contributed by atoms with van der Waals surface area (Å²) in [4.78, 5) is 30.8. The van der Waals surface area contributed by atoms with Crippen molar-refractivity contribution in [2.75, 3.05) is 0 Å². The van der Waals surface area contributed by atoms with E-state index in [4.69, 9.17) is 29.2 Å². The van der Waals surface area contributed by atoms with Crippen LogP contribution in [0.15, 0.2) is 65.0 Å². The normalized spacial score (nSPS) is 19.7. The second kappa shape index (κ2) is 12.2. The van der Waals surface area contributed by atoms with Gasteiger partial charge in [0, 0.05) is 11.6 Å². The number of hydrogen-bond acceptors (Lipinski definition) is 6. The van der Waals surface area contributed by atoms with Crippen molar-refractivity contribution < 1.29 is 14.6 Å². The zero-order chi connectivity index (χ0) is 28.2. The van der Waals surface area contributed by atoms with Crippen molar-refractivity contribution in [3.05, 3.63) is 80.9 Å². The van der Waals surface area contributed by atoms with Gasteiger partial charge in [0.15, 0.2) is 9.88 Å². The molecule has 10 heteroatoms. The number of benzene rings is 2. The van der Waals surface area contributed by atoms with E-state index < -0.39 is 5.56 Å². The maximum atomic E-state index is 13.1. The SMILES string of the molecule is CC1C(=Cc2c(O)n(-c3ccc(Oc4ccccc4)cc3)c(=S)[nH]c2=O)C(=O)NC(=S)N1C1CCCCCCC1. The highest BCUT2D eigenvalue weighted by molar-refractivity contribution is 7.80. The van der Waals surface area contributed by atoms with E-state index >= 15 is 0 Å². The van der Waals surface area contributed by atoms with Gasteiger partial charge >= 0.3 is 0 Å². The molecule has 1 unspecified atom stereocenters. The number of amides is 1. The number of hydrogen-bond donors (Lipinski definition) is 3. The topological polar surface area (TPSA) is 99.6 Å². The van der Waals surface area contributed by atoms with Crippen LogP contribution in [-0.2, 0) is 4.79 Å². The lowest BCUT2D eigenvalue weighted by Gasteiger charge is -2.43. The van der Waals surface area contributed by atoms with Gasteiger partial charge in [-0.05, 0) is 86.7 Å². The van der Waals surface area contributed by atoms with Gasteiger partial charge in [-0.2, -0.15) is 0 Å². The van der Waals surface area contributed by atoms with Gasteiger partial charge in [-0.3, -0.25) is 24.5 Å². The van der Waals surface area contributed by atoms with Crippen LogP contribution in [0.5, 0.6) is 17.4 Å². The number of ether oxygens (including phenoxy) is 1. The number of carbonyl (C=O) groups excluding carboxylic acids is 1. The maximum absolute atomic E-state index is 13.1. The summed E-state index contributed by atoms with van der Waals surface area (Å²) in [6.07, 6.45) is 9.29. The Morgan fingerprint density at radius 1 is 0.925 bits per heavy atom. The molecule has 1 saturated carbocycles. The molecule has 1 atom stereocenters. The average molecular weight is 577 g/mol. The Morgan fingerprint density at radius 3 is 2.23 bits per heavy atom. The molecular formula is C30H32N4O4S2. The van der Waals surface area contributed by atoms with Crippen LogP contribution in [0.4, 0.5) is 0 Å². The molecule has 208 valence electrons. The van der Waals surface area contributed by atoms with E-state index in [-0.39, 0.29) is 34.2 Å². The molecule has 8 nitrogen and oxygen atoms in total. The van der Waals surface area contributed by atoms with Crippen molar-refractivity contribution in [2.24, 2.45) is 0 Å². The highest BCUT2D eigenvalue weighted by Crippen LogP contribution is 2.30. The summed E-state index contributed by atoms with van der Waals surface area (Å²) in [7, 11) is 0. The highest BCUT2D eigenvalue weighted by Gasteiger charge is 2.36. The fourth-order valence-electron chi connectivity index (χ4n) is 5.48. The smallest absolute Gasteiger partial charge is 0.262 e. The molecule has 0 bridgehead atoms. The number of aromatic nitrogens is 2. The fourth-order valence-corrected chi connectivity index (χ4v) is 6.17. The quantitative estimate of drug-likeness (QED) is 0.253. The molecule has 2 fully saturated rings. The number of rotatable bonds is 5. The van der Waals surface area contributed by atoms with Crippen LogP contribution < -0.4 is 15.6 Å². The summed E-state index contributed by atoms with van der Waals surface area (Å²) < 4.78 is 7.24. The van der Waals surface area contributed by atoms with E-state index in [0.29, 0.717) is 27.9 Å². The van der Waals surface area contributed by atoms with E-state index in [1.54, 1.807) is 24.3 Å². The number of aromatic hydroxyl groups is 1. The largest absolute Gasteiger partial charge is 0.494 e. The van der Waals surface area contributed by atoms with Crippen LogP contribution in [0.25, 0.3) is 11.8 Å². The first kappa shape index (κ1) is 27.8. The standard InChI is InChI=1S/C30H32N4O4S2/c1-19-24(26(35)31-29(39)33(19)20-10-6-3-2-4-7-11-20)18-25-27(36)32-30(40)34(28(25)37)21-14-16-23(17-15-21)38-22-12-8-5-9-13-22/h5,8-9,12-20,37H,2-4,6-7,10-11H2,1H3,(H,31,35,39)(H,32,36,40). The number of thiocarbonyl (C=S) groups is 1.